The molecule has 0 aliphatic carbocycles. The lowest BCUT2D eigenvalue weighted by Gasteiger charge is -2.06. The zero-order chi connectivity index (χ0) is 23.2. The number of benzene rings is 1. The first-order valence-corrected chi connectivity index (χ1v) is 10.4. The predicted molar refractivity (Wildman–Crippen MR) is 126 cm³/mol. The summed E-state index contributed by atoms with van der Waals surface area (Å²) in [5, 5.41) is 18.9. The molecule has 5 heterocycles. The number of nitrogens with zero attached hydrogens (tertiary/aromatic N) is 4. The summed E-state index contributed by atoms with van der Waals surface area (Å²) in [5.41, 5.74) is 5.69. The number of ether oxygens (including phenoxy) is 1. The van der Waals surface area contributed by atoms with Crippen molar-refractivity contribution in [2.24, 2.45) is 0 Å². The van der Waals surface area contributed by atoms with Gasteiger partial charge in [0.05, 0.1) is 36.4 Å². The number of aromatic hydroxyl groups is 1. The zero-order valence-corrected chi connectivity index (χ0v) is 17.9. The monoisotopic (exact) mass is 452 g/mol. The van der Waals surface area contributed by atoms with Crippen LogP contribution in [0.15, 0.2) is 67.3 Å². The minimum absolute atomic E-state index is 0.0648. The van der Waals surface area contributed by atoms with Gasteiger partial charge in [0.2, 0.25) is 0 Å². The van der Waals surface area contributed by atoms with Gasteiger partial charge in [0, 0.05) is 34.8 Å². The number of halogens is 1. The zero-order valence-electron chi connectivity index (χ0n) is 17.9. The Morgan fingerprint density at radius 1 is 0.941 bits per heavy atom. The van der Waals surface area contributed by atoms with Crippen LogP contribution in [0, 0.1) is 5.82 Å². The van der Waals surface area contributed by atoms with E-state index < -0.39 is 0 Å². The van der Waals surface area contributed by atoms with E-state index in [0.29, 0.717) is 33.9 Å². The summed E-state index contributed by atoms with van der Waals surface area (Å²) in [6.07, 6.45) is 6.38. The van der Waals surface area contributed by atoms with Crippen molar-refractivity contribution in [3.63, 3.8) is 0 Å². The molecule has 0 fully saturated rings. The molecule has 0 bridgehead atoms. The summed E-state index contributed by atoms with van der Waals surface area (Å²) in [6, 6.07) is 11.9. The minimum Gasteiger partial charge on any atom is -0.506 e. The van der Waals surface area contributed by atoms with E-state index in [4.69, 9.17) is 4.74 Å². The SMILES string of the molecule is COc1cc(F)cc(-c2ccnc3[nH]c(-c4n[nH]c5cnc(-c6cncc(O)c6)cc45)cc23)c1. The number of hydrogen-bond acceptors (Lipinski definition) is 6. The molecule has 0 saturated heterocycles. The fourth-order valence-electron chi connectivity index (χ4n) is 4.09. The maximum Gasteiger partial charge on any atom is 0.138 e. The first-order chi connectivity index (χ1) is 16.6. The summed E-state index contributed by atoms with van der Waals surface area (Å²) < 4.78 is 19.4. The Hall–Kier alpha value is -4.79. The predicted octanol–water partition coefficient (Wildman–Crippen LogP) is 5.08. The Labute approximate surface area is 192 Å². The van der Waals surface area contributed by atoms with Gasteiger partial charge in [0.15, 0.2) is 0 Å². The highest BCUT2D eigenvalue weighted by atomic mass is 19.1. The molecule has 0 saturated carbocycles. The van der Waals surface area contributed by atoms with Gasteiger partial charge in [-0.2, -0.15) is 5.10 Å². The van der Waals surface area contributed by atoms with Crippen LogP contribution in [-0.4, -0.2) is 42.3 Å². The molecule has 0 radical (unpaired) electrons. The van der Waals surface area contributed by atoms with Crippen LogP contribution in [0.25, 0.3) is 55.7 Å². The molecule has 0 aliphatic heterocycles. The molecule has 0 unspecified atom stereocenters. The van der Waals surface area contributed by atoms with E-state index in [1.807, 2.05) is 18.2 Å². The molecule has 34 heavy (non-hydrogen) atoms. The normalized spacial score (nSPS) is 11.4. The molecule has 9 heteroatoms. The average molecular weight is 452 g/mol. The number of fused-ring (bicyclic) bond motifs is 2. The topological polar surface area (TPSA) is 113 Å². The maximum absolute atomic E-state index is 14.2. The fraction of sp³-hybridized carbons (Fsp3) is 0.0400. The molecule has 1 aromatic carbocycles. The lowest BCUT2D eigenvalue weighted by atomic mass is 10.0. The van der Waals surface area contributed by atoms with Crippen LogP contribution >= 0.6 is 0 Å². The van der Waals surface area contributed by atoms with Gasteiger partial charge < -0.3 is 14.8 Å². The molecular weight excluding hydrogens is 435 g/mol. The van der Waals surface area contributed by atoms with Crippen LogP contribution in [0.3, 0.4) is 0 Å². The number of nitrogens with one attached hydrogen (secondary N) is 2. The van der Waals surface area contributed by atoms with Gasteiger partial charge in [-0.05, 0) is 47.5 Å². The standard InChI is InChI=1S/C25H17FN6O2/c1-34-17-6-13(4-15(26)7-17)18-2-3-28-25-19(18)8-22(30-25)24-20-9-21(29-12-23(20)31-32-24)14-5-16(33)11-27-10-14/h2-12,33H,1H3,(H,28,30)(H,31,32). The Morgan fingerprint density at radius 3 is 2.71 bits per heavy atom. The van der Waals surface area contributed by atoms with Gasteiger partial charge in [0.25, 0.3) is 0 Å². The third-order valence-electron chi connectivity index (χ3n) is 5.67. The second kappa shape index (κ2) is 7.66. The van der Waals surface area contributed by atoms with Crippen LogP contribution < -0.4 is 4.74 Å². The van der Waals surface area contributed by atoms with E-state index in [-0.39, 0.29) is 11.6 Å². The van der Waals surface area contributed by atoms with Crippen molar-refractivity contribution in [2.75, 3.05) is 7.11 Å². The lowest BCUT2D eigenvalue weighted by Crippen LogP contribution is -1.88. The van der Waals surface area contributed by atoms with Crippen molar-refractivity contribution < 1.29 is 14.2 Å². The second-order valence-electron chi connectivity index (χ2n) is 7.80. The average Bonchev–Trinajstić information content (AvgIpc) is 3.47. The summed E-state index contributed by atoms with van der Waals surface area (Å²) >= 11 is 0. The van der Waals surface area contributed by atoms with E-state index in [2.05, 4.69) is 30.1 Å². The van der Waals surface area contributed by atoms with Crippen LogP contribution in [-0.2, 0) is 0 Å². The number of aromatic nitrogens is 6. The molecule has 3 N–H and O–H groups in total. The number of rotatable bonds is 4. The molecule has 0 atom stereocenters. The van der Waals surface area contributed by atoms with Crippen LogP contribution in [0.2, 0.25) is 0 Å². The second-order valence-corrected chi connectivity index (χ2v) is 7.80. The highest BCUT2D eigenvalue weighted by Gasteiger charge is 2.16. The van der Waals surface area contributed by atoms with Crippen LogP contribution in [0.1, 0.15) is 0 Å². The van der Waals surface area contributed by atoms with Gasteiger partial charge in [0.1, 0.15) is 28.7 Å². The van der Waals surface area contributed by atoms with Crippen molar-refractivity contribution in [1.82, 2.24) is 30.1 Å². The van der Waals surface area contributed by atoms with Crippen LogP contribution in [0.5, 0.6) is 11.5 Å². The lowest BCUT2D eigenvalue weighted by molar-refractivity contribution is 0.411. The summed E-state index contributed by atoms with van der Waals surface area (Å²) in [6.45, 7) is 0. The Kier molecular flexibility index (Phi) is 4.48. The van der Waals surface area contributed by atoms with Gasteiger partial charge in [-0.15, -0.1) is 0 Å². The first kappa shape index (κ1) is 19.9. The number of H-pyrrole nitrogens is 2. The van der Waals surface area contributed by atoms with Gasteiger partial charge >= 0.3 is 0 Å². The van der Waals surface area contributed by atoms with Crippen molar-refractivity contribution >= 4 is 21.9 Å². The highest BCUT2D eigenvalue weighted by molar-refractivity contribution is 6.00. The van der Waals surface area contributed by atoms with Crippen LogP contribution in [0.4, 0.5) is 4.39 Å². The van der Waals surface area contributed by atoms with E-state index in [1.165, 1.54) is 25.4 Å². The summed E-state index contributed by atoms with van der Waals surface area (Å²) in [7, 11) is 1.51. The third-order valence-corrected chi connectivity index (χ3v) is 5.67. The molecule has 0 aliphatic rings. The fourth-order valence-corrected chi connectivity index (χ4v) is 4.09. The quantitative estimate of drug-likeness (QED) is 0.344. The summed E-state index contributed by atoms with van der Waals surface area (Å²) in [5.74, 6) is 0.125. The van der Waals surface area contributed by atoms with Crippen molar-refractivity contribution in [3.8, 4) is 45.3 Å². The maximum atomic E-state index is 14.2. The number of methoxy groups -OCH3 is 1. The first-order valence-electron chi connectivity index (χ1n) is 10.4. The molecule has 166 valence electrons. The molecule has 0 amide bonds. The van der Waals surface area contributed by atoms with Crippen molar-refractivity contribution in [1.29, 1.82) is 0 Å². The molecular formula is C25H17FN6O2. The Balaban J connectivity index is 1.50. The van der Waals surface area contributed by atoms with E-state index in [0.717, 1.165) is 27.5 Å². The summed E-state index contributed by atoms with van der Waals surface area (Å²) in [4.78, 5) is 16.3. The van der Waals surface area contributed by atoms with Gasteiger partial charge in [-0.25, -0.2) is 9.37 Å². The Bertz CT molecular complexity index is 1690. The van der Waals surface area contributed by atoms with Gasteiger partial charge in [-0.3, -0.25) is 15.1 Å². The smallest absolute Gasteiger partial charge is 0.138 e. The van der Waals surface area contributed by atoms with E-state index in [1.54, 1.807) is 30.7 Å². The minimum atomic E-state index is -0.380. The molecule has 6 rings (SSSR count). The van der Waals surface area contributed by atoms with Gasteiger partial charge in [-0.1, -0.05) is 0 Å². The highest BCUT2D eigenvalue weighted by Crippen LogP contribution is 2.35. The van der Waals surface area contributed by atoms with Crippen molar-refractivity contribution in [3.05, 3.63) is 73.1 Å². The van der Waals surface area contributed by atoms with E-state index in [9.17, 15) is 9.50 Å². The molecule has 8 nitrogen and oxygen atoms in total. The molecule has 6 aromatic rings. The molecule has 5 aromatic heterocycles. The number of hydrogen-bond donors (Lipinski definition) is 3. The number of aromatic amines is 2. The number of pyridine rings is 3. The Morgan fingerprint density at radius 2 is 1.85 bits per heavy atom. The van der Waals surface area contributed by atoms with Crippen molar-refractivity contribution in [2.45, 2.75) is 0 Å². The van der Waals surface area contributed by atoms with E-state index >= 15 is 0 Å². The third kappa shape index (κ3) is 3.30. The largest absolute Gasteiger partial charge is 0.506 e. The molecule has 0 spiro atoms.